The summed E-state index contributed by atoms with van der Waals surface area (Å²) in [5.41, 5.74) is 0. The Morgan fingerprint density at radius 2 is 0.569 bits per heavy atom. The molecule has 6 heteroatoms. The fourth-order valence-electron chi connectivity index (χ4n) is 8.01. The Bertz CT molecular complexity index is 1140. The molecule has 0 heterocycles. The third-order valence-corrected chi connectivity index (χ3v) is 12.3. The van der Waals surface area contributed by atoms with E-state index in [1.54, 1.807) is 0 Å². The minimum atomic E-state index is -0.784. The van der Waals surface area contributed by atoms with Gasteiger partial charge in [-0.05, 0) is 70.6 Å². The van der Waals surface area contributed by atoms with Crippen molar-refractivity contribution in [3.8, 4) is 0 Å². The van der Waals surface area contributed by atoms with Gasteiger partial charge in [0.15, 0.2) is 6.10 Å². The van der Waals surface area contributed by atoms with E-state index in [4.69, 9.17) is 14.2 Å². The molecular formula is C59H106O6. The van der Waals surface area contributed by atoms with Crippen molar-refractivity contribution < 1.29 is 28.6 Å². The Kier molecular flexibility index (Phi) is 51.8. The van der Waals surface area contributed by atoms with Crippen molar-refractivity contribution in [3.05, 3.63) is 48.6 Å². The average Bonchev–Trinajstić information content (AvgIpc) is 3.30. The van der Waals surface area contributed by atoms with Gasteiger partial charge >= 0.3 is 17.9 Å². The Hall–Kier alpha value is -2.63. The van der Waals surface area contributed by atoms with Crippen molar-refractivity contribution >= 4 is 17.9 Å². The molecule has 0 saturated carbocycles. The molecule has 0 aromatic rings. The molecule has 0 fully saturated rings. The first-order valence-corrected chi connectivity index (χ1v) is 28.1. The SMILES string of the molecule is CCCC/C=C\C/C=C\CCCCCCCC(=O)OC[C@H](COC(=O)CCCCCCCCCCCCCCCCCCCCC)OC(=O)CCCCCCC/C=C\C/C=C\CCCC. The minimum absolute atomic E-state index is 0.0807. The number of carbonyl (C=O) groups is 3. The van der Waals surface area contributed by atoms with Crippen LogP contribution < -0.4 is 0 Å². The normalized spacial score (nSPS) is 12.4. The van der Waals surface area contributed by atoms with Crippen LogP contribution in [0, 0.1) is 0 Å². The van der Waals surface area contributed by atoms with Crippen LogP contribution in [0.2, 0.25) is 0 Å². The summed E-state index contributed by atoms with van der Waals surface area (Å²) in [7, 11) is 0. The number of ether oxygens (including phenoxy) is 3. The molecule has 0 rings (SSSR count). The van der Waals surface area contributed by atoms with Crippen molar-refractivity contribution in [2.45, 2.75) is 297 Å². The van der Waals surface area contributed by atoms with Gasteiger partial charge in [0.05, 0.1) is 0 Å². The molecule has 0 spiro atoms. The molecule has 0 aliphatic carbocycles. The summed E-state index contributed by atoms with van der Waals surface area (Å²) in [6.07, 6.45) is 65.3. The quantitative estimate of drug-likeness (QED) is 0.0262. The highest BCUT2D eigenvalue weighted by atomic mass is 16.6. The standard InChI is InChI=1S/C59H106O6/c1-4-7-10-13-16-19-22-25-28-29-30-31-32-35-37-40-43-46-49-52-58(61)64-55-56(65-59(62)53-50-47-44-41-38-34-27-24-21-18-15-12-9-6-3)54-63-57(60)51-48-45-42-39-36-33-26-23-20-17-14-11-8-5-2/h14-15,17-18,23-24,26-27,56H,4-13,16,19-22,25,28-55H2,1-3H3/b17-14-,18-15-,26-23-,27-24-/t56-/m1/s1. The lowest BCUT2D eigenvalue weighted by molar-refractivity contribution is -0.167. The van der Waals surface area contributed by atoms with E-state index in [1.807, 2.05) is 0 Å². The van der Waals surface area contributed by atoms with Gasteiger partial charge in [0, 0.05) is 19.3 Å². The van der Waals surface area contributed by atoms with Crippen LogP contribution in [0.25, 0.3) is 0 Å². The van der Waals surface area contributed by atoms with E-state index in [2.05, 4.69) is 69.4 Å². The molecule has 0 aromatic heterocycles. The fourth-order valence-corrected chi connectivity index (χ4v) is 8.01. The Labute approximate surface area is 403 Å². The van der Waals surface area contributed by atoms with Crippen LogP contribution in [0.15, 0.2) is 48.6 Å². The molecule has 0 aliphatic rings. The van der Waals surface area contributed by atoms with Gasteiger partial charge in [-0.25, -0.2) is 0 Å². The van der Waals surface area contributed by atoms with E-state index < -0.39 is 6.10 Å². The van der Waals surface area contributed by atoms with Crippen LogP contribution in [0.4, 0.5) is 0 Å². The van der Waals surface area contributed by atoms with Crippen molar-refractivity contribution in [2.24, 2.45) is 0 Å². The number of rotatable bonds is 51. The Morgan fingerprint density at radius 1 is 0.308 bits per heavy atom. The molecule has 0 amide bonds. The lowest BCUT2D eigenvalue weighted by Gasteiger charge is -2.18. The van der Waals surface area contributed by atoms with Gasteiger partial charge in [-0.1, -0.05) is 249 Å². The monoisotopic (exact) mass is 911 g/mol. The van der Waals surface area contributed by atoms with E-state index in [0.29, 0.717) is 19.3 Å². The number of hydrogen-bond acceptors (Lipinski definition) is 6. The maximum atomic E-state index is 12.8. The van der Waals surface area contributed by atoms with E-state index >= 15 is 0 Å². The fraction of sp³-hybridized carbons (Fsp3) is 0.814. The molecule has 0 aliphatic heterocycles. The van der Waals surface area contributed by atoms with E-state index in [-0.39, 0.29) is 31.1 Å². The lowest BCUT2D eigenvalue weighted by Crippen LogP contribution is -2.30. The summed E-state index contributed by atoms with van der Waals surface area (Å²) in [6, 6.07) is 0. The van der Waals surface area contributed by atoms with Crippen LogP contribution >= 0.6 is 0 Å². The van der Waals surface area contributed by atoms with Gasteiger partial charge in [-0.3, -0.25) is 14.4 Å². The summed E-state index contributed by atoms with van der Waals surface area (Å²) in [5, 5.41) is 0. The molecular weight excluding hydrogens is 805 g/mol. The van der Waals surface area contributed by atoms with Crippen molar-refractivity contribution in [2.75, 3.05) is 13.2 Å². The second kappa shape index (κ2) is 54.0. The minimum Gasteiger partial charge on any atom is -0.462 e. The second-order valence-corrected chi connectivity index (χ2v) is 18.8. The second-order valence-electron chi connectivity index (χ2n) is 18.8. The Morgan fingerprint density at radius 3 is 0.892 bits per heavy atom. The number of allylic oxidation sites excluding steroid dienone is 8. The molecule has 0 N–H and O–H groups in total. The molecule has 0 radical (unpaired) electrons. The number of unbranched alkanes of at least 4 members (excludes halogenated alkanes) is 32. The lowest BCUT2D eigenvalue weighted by atomic mass is 10.0. The maximum absolute atomic E-state index is 12.8. The van der Waals surface area contributed by atoms with Crippen molar-refractivity contribution in [3.63, 3.8) is 0 Å². The summed E-state index contributed by atoms with van der Waals surface area (Å²) >= 11 is 0. The molecule has 0 unspecified atom stereocenters. The summed E-state index contributed by atoms with van der Waals surface area (Å²) in [5.74, 6) is -0.897. The van der Waals surface area contributed by atoms with Crippen LogP contribution in [-0.4, -0.2) is 37.2 Å². The molecule has 1 atom stereocenters. The Balaban J connectivity index is 4.35. The first-order valence-electron chi connectivity index (χ1n) is 28.1. The van der Waals surface area contributed by atoms with Gasteiger partial charge in [-0.15, -0.1) is 0 Å². The van der Waals surface area contributed by atoms with Crippen LogP contribution in [-0.2, 0) is 28.6 Å². The van der Waals surface area contributed by atoms with Gasteiger partial charge in [0.1, 0.15) is 13.2 Å². The molecule has 0 aromatic carbocycles. The first-order chi connectivity index (χ1) is 32.0. The van der Waals surface area contributed by atoms with Crippen molar-refractivity contribution in [1.82, 2.24) is 0 Å². The van der Waals surface area contributed by atoms with Gasteiger partial charge in [0.25, 0.3) is 0 Å². The van der Waals surface area contributed by atoms with Gasteiger partial charge in [-0.2, -0.15) is 0 Å². The molecule has 0 bridgehead atoms. The van der Waals surface area contributed by atoms with Crippen LogP contribution in [0.1, 0.15) is 290 Å². The molecule has 6 nitrogen and oxygen atoms in total. The molecule has 65 heavy (non-hydrogen) atoms. The zero-order valence-corrected chi connectivity index (χ0v) is 43.3. The highest BCUT2D eigenvalue weighted by Gasteiger charge is 2.19. The van der Waals surface area contributed by atoms with Crippen LogP contribution in [0.3, 0.4) is 0 Å². The largest absolute Gasteiger partial charge is 0.462 e. The van der Waals surface area contributed by atoms with E-state index in [1.165, 1.54) is 148 Å². The zero-order valence-electron chi connectivity index (χ0n) is 43.3. The predicted octanol–water partition coefficient (Wildman–Crippen LogP) is 18.7. The molecule has 378 valence electrons. The number of hydrogen-bond donors (Lipinski definition) is 0. The third kappa shape index (κ3) is 52.2. The molecule has 0 saturated heterocycles. The zero-order chi connectivity index (χ0) is 47.2. The van der Waals surface area contributed by atoms with Crippen molar-refractivity contribution in [1.29, 1.82) is 0 Å². The highest BCUT2D eigenvalue weighted by Crippen LogP contribution is 2.16. The highest BCUT2D eigenvalue weighted by molar-refractivity contribution is 5.71. The van der Waals surface area contributed by atoms with Crippen LogP contribution in [0.5, 0.6) is 0 Å². The average molecular weight is 911 g/mol. The topological polar surface area (TPSA) is 78.9 Å². The van der Waals surface area contributed by atoms with Gasteiger partial charge in [0.2, 0.25) is 0 Å². The third-order valence-electron chi connectivity index (χ3n) is 12.3. The van der Waals surface area contributed by atoms with E-state index in [0.717, 1.165) is 103 Å². The van der Waals surface area contributed by atoms with E-state index in [9.17, 15) is 14.4 Å². The number of carbonyl (C=O) groups excluding carboxylic acids is 3. The first kappa shape index (κ1) is 62.4. The summed E-state index contributed by atoms with van der Waals surface area (Å²) < 4.78 is 16.8. The summed E-state index contributed by atoms with van der Waals surface area (Å²) in [4.78, 5) is 38.1. The smallest absolute Gasteiger partial charge is 0.306 e. The summed E-state index contributed by atoms with van der Waals surface area (Å²) in [6.45, 7) is 6.57. The number of esters is 3. The van der Waals surface area contributed by atoms with Gasteiger partial charge < -0.3 is 14.2 Å². The predicted molar refractivity (Wildman–Crippen MR) is 279 cm³/mol. The maximum Gasteiger partial charge on any atom is 0.306 e.